The van der Waals surface area contributed by atoms with Crippen LogP contribution in [0.25, 0.3) is 11.2 Å². The van der Waals surface area contributed by atoms with Gasteiger partial charge in [0, 0.05) is 6.42 Å². The van der Waals surface area contributed by atoms with Crippen molar-refractivity contribution in [3.05, 3.63) is 51.3 Å². The molecule has 2 aromatic heterocycles. The highest BCUT2D eigenvalue weighted by Gasteiger charge is 2.09. The molecule has 0 aliphatic rings. The van der Waals surface area contributed by atoms with Crippen LogP contribution in [0.4, 0.5) is 10.3 Å². The maximum absolute atomic E-state index is 13.5. The molecule has 20 heavy (non-hydrogen) atoms. The third-order valence-electron chi connectivity index (χ3n) is 3.04. The van der Waals surface area contributed by atoms with Crippen LogP contribution >= 0.6 is 0 Å². The number of aromatic amines is 2. The molecular formula is C13H12FN5O. The number of benzene rings is 1. The summed E-state index contributed by atoms with van der Waals surface area (Å²) in [7, 11) is 0. The lowest BCUT2D eigenvalue weighted by Gasteiger charge is -2.00. The summed E-state index contributed by atoms with van der Waals surface area (Å²) in [5.41, 5.74) is 6.95. The van der Waals surface area contributed by atoms with Crippen LogP contribution in [-0.4, -0.2) is 19.9 Å². The van der Waals surface area contributed by atoms with Crippen molar-refractivity contribution in [1.82, 2.24) is 19.9 Å². The molecule has 6 nitrogen and oxygen atoms in total. The zero-order chi connectivity index (χ0) is 14.3. The van der Waals surface area contributed by atoms with Gasteiger partial charge in [0.15, 0.2) is 11.2 Å². The molecule has 0 fully saturated rings. The molecule has 0 radical (unpaired) electrons. The Balaban J connectivity index is 2.00. The van der Waals surface area contributed by atoms with Gasteiger partial charge >= 0.3 is 0 Å². The van der Waals surface area contributed by atoms with Crippen molar-refractivity contribution in [2.24, 2.45) is 0 Å². The number of nitrogens with two attached hydrogens (primary N) is 1. The highest BCUT2D eigenvalue weighted by atomic mass is 19.1. The number of aromatic nitrogens is 4. The molecule has 0 saturated heterocycles. The minimum atomic E-state index is -0.374. The first-order valence-corrected chi connectivity index (χ1v) is 6.02. The normalized spacial score (nSPS) is 11.1. The Morgan fingerprint density at radius 2 is 2.10 bits per heavy atom. The predicted molar refractivity (Wildman–Crippen MR) is 72.9 cm³/mol. The van der Waals surface area contributed by atoms with Crippen LogP contribution in [0.5, 0.6) is 0 Å². The standard InChI is InChI=1S/C13H12FN5O/c1-6-2-3-7(4-8(6)14)5-9-16-10-11(17-9)18-13(15)19-12(10)20/h2-4H,5H2,1H3,(H4,15,16,17,18,19,20). The average molecular weight is 273 g/mol. The molecule has 4 N–H and O–H groups in total. The van der Waals surface area contributed by atoms with Gasteiger partial charge in [0.1, 0.15) is 11.6 Å². The highest BCUT2D eigenvalue weighted by molar-refractivity contribution is 5.70. The Hall–Kier alpha value is -2.70. The van der Waals surface area contributed by atoms with Gasteiger partial charge in [-0.05, 0) is 24.1 Å². The molecule has 0 atom stereocenters. The lowest BCUT2D eigenvalue weighted by atomic mass is 10.1. The summed E-state index contributed by atoms with van der Waals surface area (Å²) < 4.78 is 13.5. The number of H-pyrrole nitrogens is 2. The van der Waals surface area contributed by atoms with Gasteiger partial charge in [0.2, 0.25) is 5.95 Å². The van der Waals surface area contributed by atoms with E-state index in [0.717, 1.165) is 5.56 Å². The zero-order valence-electron chi connectivity index (χ0n) is 10.7. The molecule has 2 heterocycles. The Morgan fingerprint density at radius 3 is 2.85 bits per heavy atom. The van der Waals surface area contributed by atoms with Crippen LogP contribution in [-0.2, 0) is 6.42 Å². The molecule has 0 aliphatic heterocycles. The van der Waals surface area contributed by atoms with Gasteiger partial charge in [-0.25, -0.2) is 9.37 Å². The summed E-state index contributed by atoms with van der Waals surface area (Å²) >= 11 is 0. The van der Waals surface area contributed by atoms with Gasteiger partial charge in [-0.15, -0.1) is 0 Å². The number of anilines is 1. The second-order valence-corrected chi connectivity index (χ2v) is 4.59. The molecule has 3 rings (SSSR count). The number of rotatable bonds is 2. The van der Waals surface area contributed by atoms with Gasteiger partial charge in [-0.3, -0.25) is 9.78 Å². The van der Waals surface area contributed by atoms with E-state index >= 15 is 0 Å². The first-order valence-electron chi connectivity index (χ1n) is 6.02. The molecule has 0 unspecified atom stereocenters. The molecule has 0 bridgehead atoms. The quantitative estimate of drug-likeness (QED) is 0.654. The Labute approximate surface area is 112 Å². The number of aryl methyl sites for hydroxylation is 1. The van der Waals surface area contributed by atoms with Crippen LogP contribution < -0.4 is 11.3 Å². The van der Waals surface area contributed by atoms with Crippen LogP contribution in [0.15, 0.2) is 23.0 Å². The van der Waals surface area contributed by atoms with Crippen molar-refractivity contribution in [1.29, 1.82) is 0 Å². The van der Waals surface area contributed by atoms with E-state index in [-0.39, 0.29) is 28.5 Å². The zero-order valence-corrected chi connectivity index (χ0v) is 10.7. The Kier molecular flexibility index (Phi) is 2.74. The number of nitrogens with zero attached hydrogens (tertiary/aromatic N) is 2. The van der Waals surface area contributed by atoms with Crippen molar-refractivity contribution in [3.8, 4) is 0 Å². The number of hydrogen-bond donors (Lipinski definition) is 3. The fourth-order valence-corrected chi connectivity index (χ4v) is 2.00. The fourth-order valence-electron chi connectivity index (χ4n) is 2.00. The fraction of sp³-hybridized carbons (Fsp3) is 0.154. The van der Waals surface area contributed by atoms with Gasteiger partial charge in [-0.1, -0.05) is 12.1 Å². The molecule has 7 heteroatoms. The van der Waals surface area contributed by atoms with Gasteiger partial charge in [0.05, 0.1) is 0 Å². The van der Waals surface area contributed by atoms with E-state index in [2.05, 4.69) is 19.9 Å². The van der Waals surface area contributed by atoms with Crippen LogP contribution in [0.3, 0.4) is 0 Å². The van der Waals surface area contributed by atoms with Crippen LogP contribution in [0.2, 0.25) is 0 Å². The van der Waals surface area contributed by atoms with Crippen molar-refractivity contribution in [2.75, 3.05) is 5.73 Å². The highest BCUT2D eigenvalue weighted by Crippen LogP contribution is 2.13. The predicted octanol–water partition coefficient (Wildman–Crippen LogP) is 1.27. The van der Waals surface area contributed by atoms with E-state index < -0.39 is 0 Å². The topological polar surface area (TPSA) is 100 Å². The minimum absolute atomic E-state index is 0.0157. The summed E-state index contributed by atoms with van der Waals surface area (Å²) in [4.78, 5) is 25.1. The number of imidazole rings is 1. The molecule has 3 aromatic rings. The smallest absolute Gasteiger partial charge is 0.278 e. The van der Waals surface area contributed by atoms with Crippen LogP contribution in [0, 0.1) is 12.7 Å². The molecule has 0 saturated carbocycles. The van der Waals surface area contributed by atoms with E-state index in [4.69, 9.17) is 5.73 Å². The first kappa shape index (κ1) is 12.3. The van der Waals surface area contributed by atoms with Gasteiger partial charge < -0.3 is 10.7 Å². The molecule has 0 aliphatic carbocycles. The van der Waals surface area contributed by atoms with Crippen molar-refractivity contribution >= 4 is 17.1 Å². The van der Waals surface area contributed by atoms with E-state index in [1.54, 1.807) is 13.0 Å². The Morgan fingerprint density at radius 1 is 1.30 bits per heavy atom. The molecule has 0 amide bonds. The largest absolute Gasteiger partial charge is 0.369 e. The number of fused-ring (bicyclic) bond motifs is 1. The van der Waals surface area contributed by atoms with Crippen molar-refractivity contribution in [2.45, 2.75) is 13.3 Å². The maximum atomic E-state index is 13.5. The third-order valence-corrected chi connectivity index (χ3v) is 3.04. The minimum Gasteiger partial charge on any atom is -0.369 e. The number of halogens is 1. The lowest BCUT2D eigenvalue weighted by molar-refractivity contribution is 0.616. The van der Waals surface area contributed by atoms with Gasteiger partial charge in [-0.2, -0.15) is 4.98 Å². The summed E-state index contributed by atoms with van der Waals surface area (Å²) in [6, 6.07) is 4.97. The molecule has 1 aromatic carbocycles. The average Bonchev–Trinajstić information content (AvgIpc) is 2.76. The third kappa shape index (κ3) is 2.13. The summed E-state index contributed by atoms with van der Waals surface area (Å²) in [5.74, 6) is 0.285. The van der Waals surface area contributed by atoms with E-state index in [1.807, 2.05) is 6.07 Å². The Bertz CT molecular complexity index is 852. The monoisotopic (exact) mass is 273 g/mol. The van der Waals surface area contributed by atoms with Crippen LogP contribution in [0.1, 0.15) is 17.0 Å². The summed E-state index contributed by atoms with van der Waals surface area (Å²) in [6.07, 6.45) is 0.382. The number of nitrogens with one attached hydrogen (secondary N) is 2. The second-order valence-electron chi connectivity index (χ2n) is 4.59. The summed E-state index contributed by atoms with van der Waals surface area (Å²) in [6.45, 7) is 1.70. The molecular weight excluding hydrogens is 261 g/mol. The number of nitrogen functional groups attached to an aromatic ring is 1. The number of hydrogen-bond acceptors (Lipinski definition) is 4. The van der Waals surface area contributed by atoms with E-state index in [9.17, 15) is 9.18 Å². The van der Waals surface area contributed by atoms with Crippen molar-refractivity contribution < 1.29 is 4.39 Å². The van der Waals surface area contributed by atoms with Crippen molar-refractivity contribution in [3.63, 3.8) is 0 Å². The van der Waals surface area contributed by atoms with E-state index in [1.165, 1.54) is 6.07 Å². The second kappa shape index (κ2) is 4.44. The van der Waals surface area contributed by atoms with Gasteiger partial charge in [0.25, 0.3) is 5.56 Å². The molecule has 0 spiro atoms. The SMILES string of the molecule is Cc1ccc(Cc2nc3nc(N)[nH]c(=O)c3[nH]2)cc1F. The molecule has 102 valence electrons. The van der Waals surface area contributed by atoms with E-state index in [0.29, 0.717) is 17.8 Å². The first-order chi connectivity index (χ1) is 9.52. The summed E-state index contributed by atoms with van der Waals surface area (Å²) in [5, 5.41) is 0. The maximum Gasteiger partial charge on any atom is 0.278 e. The lowest BCUT2D eigenvalue weighted by Crippen LogP contribution is -2.10.